The number of benzene rings is 2. The molecule has 26 heavy (non-hydrogen) atoms. The van der Waals surface area contributed by atoms with Crippen molar-refractivity contribution in [2.75, 3.05) is 13.1 Å². The summed E-state index contributed by atoms with van der Waals surface area (Å²) in [5.41, 5.74) is 1.68. The van der Waals surface area contributed by atoms with E-state index in [2.05, 4.69) is 10.1 Å². The summed E-state index contributed by atoms with van der Waals surface area (Å²) < 4.78 is 1.69. The summed E-state index contributed by atoms with van der Waals surface area (Å²) in [4.78, 5) is 19.3. The third-order valence-corrected chi connectivity index (χ3v) is 4.76. The molecule has 2 aromatic carbocycles. The molecule has 0 N–H and O–H groups in total. The van der Waals surface area contributed by atoms with Crippen molar-refractivity contribution in [1.29, 1.82) is 0 Å². The van der Waals surface area contributed by atoms with E-state index >= 15 is 0 Å². The minimum absolute atomic E-state index is 0.109. The highest BCUT2D eigenvalue weighted by Gasteiger charge is 2.24. The maximum atomic E-state index is 12.9. The summed E-state index contributed by atoms with van der Waals surface area (Å²) in [6.45, 7) is 1.54. The van der Waals surface area contributed by atoms with Crippen LogP contribution in [-0.4, -0.2) is 38.7 Å². The number of carbonyl (C=O) groups excluding carboxylic acids is 1. The Morgan fingerprint density at radius 1 is 0.962 bits per heavy atom. The van der Waals surface area contributed by atoms with Crippen molar-refractivity contribution in [1.82, 2.24) is 19.7 Å². The Morgan fingerprint density at radius 3 is 2.46 bits per heavy atom. The van der Waals surface area contributed by atoms with Gasteiger partial charge >= 0.3 is 0 Å². The zero-order valence-corrected chi connectivity index (χ0v) is 15.1. The number of likely N-dealkylation sites (tertiary alicyclic amines) is 1. The van der Waals surface area contributed by atoms with E-state index in [1.165, 1.54) is 6.42 Å². The van der Waals surface area contributed by atoms with Crippen LogP contribution >= 0.6 is 11.6 Å². The molecule has 1 amide bonds. The minimum atomic E-state index is -0.109. The molecule has 4 rings (SSSR count). The number of rotatable bonds is 3. The van der Waals surface area contributed by atoms with E-state index in [0.717, 1.165) is 37.2 Å². The lowest BCUT2D eigenvalue weighted by Gasteiger charge is -2.25. The molecule has 0 saturated carbocycles. The van der Waals surface area contributed by atoms with Crippen molar-refractivity contribution in [3.8, 4) is 17.1 Å². The Kier molecular flexibility index (Phi) is 4.71. The van der Waals surface area contributed by atoms with Gasteiger partial charge in [0.15, 0.2) is 5.82 Å². The third-order valence-electron chi connectivity index (χ3n) is 4.53. The van der Waals surface area contributed by atoms with Crippen LogP contribution in [0.4, 0.5) is 0 Å². The molecule has 5 nitrogen and oxygen atoms in total. The van der Waals surface area contributed by atoms with Crippen LogP contribution in [0.1, 0.15) is 29.9 Å². The van der Waals surface area contributed by atoms with Crippen molar-refractivity contribution >= 4 is 17.5 Å². The molecule has 2 heterocycles. The van der Waals surface area contributed by atoms with Gasteiger partial charge in [-0.25, -0.2) is 9.67 Å². The Morgan fingerprint density at radius 2 is 1.73 bits per heavy atom. The fourth-order valence-corrected chi connectivity index (χ4v) is 3.39. The molecule has 1 fully saturated rings. The molecule has 1 aliphatic heterocycles. The highest BCUT2D eigenvalue weighted by molar-refractivity contribution is 6.30. The van der Waals surface area contributed by atoms with Gasteiger partial charge in [0, 0.05) is 23.7 Å². The number of carbonyl (C=O) groups is 1. The molecule has 0 bridgehead atoms. The number of amides is 1. The second-order valence-corrected chi connectivity index (χ2v) is 6.81. The van der Waals surface area contributed by atoms with E-state index in [4.69, 9.17) is 11.6 Å². The number of hydrogen-bond donors (Lipinski definition) is 0. The lowest BCUT2D eigenvalue weighted by molar-refractivity contribution is 0.0712. The van der Waals surface area contributed by atoms with Gasteiger partial charge in [0.1, 0.15) is 0 Å². The van der Waals surface area contributed by atoms with Gasteiger partial charge in [0.05, 0.1) is 5.69 Å². The smallest absolute Gasteiger partial charge is 0.293 e. The quantitative estimate of drug-likeness (QED) is 0.697. The fraction of sp³-hybridized carbons (Fsp3) is 0.250. The lowest BCUT2D eigenvalue weighted by Crippen LogP contribution is -2.36. The predicted octanol–water partition coefficient (Wildman–Crippen LogP) is 4.21. The maximum absolute atomic E-state index is 12.9. The van der Waals surface area contributed by atoms with Gasteiger partial charge in [-0.05, 0) is 37.5 Å². The molecule has 6 heteroatoms. The van der Waals surface area contributed by atoms with Crippen molar-refractivity contribution in [3.63, 3.8) is 0 Å². The van der Waals surface area contributed by atoms with E-state index in [1.807, 2.05) is 59.5 Å². The molecular weight excluding hydrogens is 348 g/mol. The second kappa shape index (κ2) is 7.30. The number of piperidine rings is 1. The van der Waals surface area contributed by atoms with Gasteiger partial charge < -0.3 is 4.90 Å². The van der Waals surface area contributed by atoms with E-state index in [0.29, 0.717) is 10.8 Å². The van der Waals surface area contributed by atoms with Crippen LogP contribution in [-0.2, 0) is 0 Å². The van der Waals surface area contributed by atoms with Crippen molar-refractivity contribution < 1.29 is 4.79 Å². The zero-order valence-electron chi connectivity index (χ0n) is 14.3. The van der Waals surface area contributed by atoms with E-state index in [1.54, 1.807) is 4.68 Å². The third kappa shape index (κ3) is 3.35. The predicted molar refractivity (Wildman–Crippen MR) is 102 cm³/mol. The van der Waals surface area contributed by atoms with E-state index < -0.39 is 0 Å². The summed E-state index contributed by atoms with van der Waals surface area (Å²) in [5.74, 6) is 0.751. The normalized spacial score (nSPS) is 14.4. The molecule has 1 aliphatic rings. The van der Waals surface area contributed by atoms with Crippen LogP contribution in [0.25, 0.3) is 17.1 Å². The largest absolute Gasteiger partial charge is 0.336 e. The van der Waals surface area contributed by atoms with Gasteiger partial charge in [0.25, 0.3) is 5.91 Å². The van der Waals surface area contributed by atoms with Gasteiger partial charge in [-0.1, -0.05) is 48.0 Å². The molecule has 0 atom stereocenters. The van der Waals surface area contributed by atoms with Crippen molar-refractivity contribution in [2.45, 2.75) is 19.3 Å². The van der Waals surface area contributed by atoms with Gasteiger partial charge in [-0.15, -0.1) is 5.10 Å². The molecule has 0 unspecified atom stereocenters. The van der Waals surface area contributed by atoms with Crippen LogP contribution in [0.15, 0.2) is 54.6 Å². The highest BCUT2D eigenvalue weighted by Crippen LogP contribution is 2.23. The van der Waals surface area contributed by atoms with Crippen LogP contribution < -0.4 is 0 Å². The first-order valence-electron chi connectivity index (χ1n) is 8.80. The van der Waals surface area contributed by atoms with Crippen molar-refractivity contribution in [2.24, 2.45) is 0 Å². The molecule has 0 radical (unpaired) electrons. The number of nitrogens with zero attached hydrogens (tertiary/aromatic N) is 4. The standard InChI is InChI=1S/C20H19ClN4O/c21-16-10-7-11-17(14-16)25-19(15-8-3-1-4-9-15)22-18(23-25)20(26)24-12-5-2-6-13-24/h1,3-4,7-11,14H,2,5-6,12-13H2. The molecule has 132 valence electrons. The van der Waals surface area contributed by atoms with Crippen molar-refractivity contribution in [3.05, 3.63) is 65.4 Å². The second-order valence-electron chi connectivity index (χ2n) is 6.37. The monoisotopic (exact) mass is 366 g/mol. The number of halogens is 1. The average Bonchev–Trinajstić information content (AvgIpc) is 3.14. The van der Waals surface area contributed by atoms with Crippen LogP contribution in [0, 0.1) is 0 Å². The van der Waals surface area contributed by atoms with Crippen LogP contribution in [0.3, 0.4) is 0 Å². The number of aromatic nitrogens is 3. The first-order valence-corrected chi connectivity index (χ1v) is 9.18. The summed E-state index contributed by atoms with van der Waals surface area (Å²) in [7, 11) is 0. The molecule has 1 aromatic heterocycles. The molecular formula is C20H19ClN4O. The SMILES string of the molecule is O=C(c1nc(-c2ccccc2)n(-c2cccc(Cl)c2)n1)N1CCCCC1. The summed E-state index contributed by atoms with van der Waals surface area (Å²) in [5, 5.41) is 5.14. The minimum Gasteiger partial charge on any atom is -0.336 e. The zero-order chi connectivity index (χ0) is 17.9. The van der Waals surface area contributed by atoms with Crippen LogP contribution in [0.5, 0.6) is 0 Å². The molecule has 0 aliphatic carbocycles. The topological polar surface area (TPSA) is 51.0 Å². The average molecular weight is 367 g/mol. The number of hydrogen-bond acceptors (Lipinski definition) is 3. The van der Waals surface area contributed by atoms with E-state index in [9.17, 15) is 4.79 Å². The first kappa shape index (κ1) is 16.8. The summed E-state index contributed by atoms with van der Waals surface area (Å²) in [6, 6.07) is 17.1. The first-order chi connectivity index (χ1) is 12.7. The van der Waals surface area contributed by atoms with E-state index in [-0.39, 0.29) is 11.7 Å². The lowest BCUT2D eigenvalue weighted by atomic mass is 10.1. The highest BCUT2D eigenvalue weighted by atomic mass is 35.5. The van der Waals surface area contributed by atoms with Crippen LogP contribution in [0.2, 0.25) is 5.02 Å². The Hall–Kier alpha value is -2.66. The Balaban J connectivity index is 1.79. The Bertz CT molecular complexity index is 917. The van der Waals surface area contributed by atoms with Gasteiger partial charge in [-0.2, -0.15) is 0 Å². The molecule has 3 aromatic rings. The van der Waals surface area contributed by atoms with Gasteiger partial charge in [-0.3, -0.25) is 4.79 Å². The van der Waals surface area contributed by atoms with Gasteiger partial charge in [0.2, 0.25) is 5.82 Å². The molecule has 1 saturated heterocycles. The molecule has 0 spiro atoms. The maximum Gasteiger partial charge on any atom is 0.293 e. The summed E-state index contributed by atoms with van der Waals surface area (Å²) in [6.07, 6.45) is 3.24. The summed E-state index contributed by atoms with van der Waals surface area (Å²) >= 11 is 6.15. The fourth-order valence-electron chi connectivity index (χ4n) is 3.20. The Labute approximate surface area is 157 Å².